The number of benzene rings is 2. The quantitative estimate of drug-likeness (QED) is 0.259. The van der Waals surface area contributed by atoms with Crippen molar-refractivity contribution in [3.8, 4) is 11.5 Å². The fraction of sp³-hybridized carbons (Fsp3) is 0.385. The lowest BCUT2D eigenvalue weighted by atomic mass is 9.96. The predicted octanol–water partition coefficient (Wildman–Crippen LogP) is 4.82. The first-order valence-electron chi connectivity index (χ1n) is 11.5. The molecule has 2 N–H and O–H groups in total. The SMILES string of the molecule is CN=C(NCc1coc(-c2ccccc2)n1)NC1CC2CCC(C1)N2Cc1ccccc1.I. The molecule has 174 valence electrons. The molecule has 2 bridgehead atoms. The van der Waals surface area contributed by atoms with E-state index in [-0.39, 0.29) is 24.0 Å². The van der Waals surface area contributed by atoms with E-state index in [4.69, 9.17) is 4.42 Å². The number of hydrogen-bond acceptors (Lipinski definition) is 4. The Labute approximate surface area is 212 Å². The van der Waals surface area contributed by atoms with Crippen molar-refractivity contribution in [3.05, 3.63) is 78.2 Å². The first-order chi connectivity index (χ1) is 15.8. The van der Waals surface area contributed by atoms with E-state index >= 15 is 0 Å². The van der Waals surface area contributed by atoms with Gasteiger partial charge in [0.25, 0.3) is 0 Å². The Morgan fingerprint density at radius 3 is 2.36 bits per heavy atom. The third-order valence-electron chi connectivity index (χ3n) is 6.67. The number of piperidine rings is 1. The van der Waals surface area contributed by atoms with Gasteiger partial charge >= 0.3 is 0 Å². The second kappa shape index (κ2) is 11.2. The van der Waals surface area contributed by atoms with Gasteiger partial charge in [0, 0.05) is 37.3 Å². The molecule has 2 aliphatic rings. The summed E-state index contributed by atoms with van der Waals surface area (Å²) in [4.78, 5) is 11.8. The van der Waals surface area contributed by atoms with Crippen molar-refractivity contribution in [2.45, 2.75) is 56.9 Å². The molecule has 7 heteroatoms. The fourth-order valence-corrected chi connectivity index (χ4v) is 5.11. The van der Waals surface area contributed by atoms with Gasteiger partial charge in [-0.1, -0.05) is 48.5 Å². The maximum absolute atomic E-state index is 5.65. The highest BCUT2D eigenvalue weighted by molar-refractivity contribution is 14.0. The summed E-state index contributed by atoms with van der Waals surface area (Å²) in [6, 6.07) is 22.6. The molecular weight excluding hydrogens is 525 g/mol. The predicted molar refractivity (Wildman–Crippen MR) is 143 cm³/mol. The van der Waals surface area contributed by atoms with Crippen molar-refractivity contribution >= 4 is 29.9 Å². The van der Waals surface area contributed by atoms with Crippen LogP contribution < -0.4 is 10.6 Å². The third-order valence-corrected chi connectivity index (χ3v) is 6.67. The van der Waals surface area contributed by atoms with Gasteiger partial charge in [-0.05, 0) is 43.4 Å². The second-order valence-corrected chi connectivity index (χ2v) is 8.79. The average Bonchev–Trinajstić information content (AvgIpc) is 3.39. The summed E-state index contributed by atoms with van der Waals surface area (Å²) >= 11 is 0. The molecule has 6 nitrogen and oxygen atoms in total. The first-order valence-corrected chi connectivity index (χ1v) is 11.5. The van der Waals surface area contributed by atoms with Crippen LogP contribution in [0.2, 0.25) is 0 Å². The van der Waals surface area contributed by atoms with Gasteiger partial charge in [0.15, 0.2) is 5.96 Å². The molecule has 2 aromatic carbocycles. The molecule has 3 aromatic rings. The van der Waals surface area contributed by atoms with Crippen molar-refractivity contribution in [2.24, 2.45) is 4.99 Å². The molecule has 0 amide bonds. The summed E-state index contributed by atoms with van der Waals surface area (Å²) in [5, 5.41) is 7.06. The monoisotopic (exact) mass is 557 g/mol. The maximum atomic E-state index is 5.65. The summed E-state index contributed by atoms with van der Waals surface area (Å²) in [6.07, 6.45) is 6.62. The molecule has 33 heavy (non-hydrogen) atoms. The maximum Gasteiger partial charge on any atom is 0.226 e. The largest absolute Gasteiger partial charge is 0.444 e. The Morgan fingerprint density at radius 2 is 1.70 bits per heavy atom. The molecule has 2 saturated heterocycles. The molecule has 2 fully saturated rings. The summed E-state index contributed by atoms with van der Waals surface area (Å²) in [5.74, 6) is 1.47. The minimum absolute atomic E-state index is 0. The summed E-state index contributed by atoms with van der Waals surface area (Å²) in [7, 11) is 1.83. The smallest absolute Gasteiger partial charge is 0.226 e. The molecule has 3 heterocycles. The van der Waals surface area contributed by atoms with Crippen LogP contribution >= 0.6 is 24.0 Å². The molecular formula is C26H32IN5O. The van der Waals surface area contributed by atoms with E-state index in [0.717, 1.165) is 36.6 Å². The number of rotatable bonds is 6. The van der Waals surface area contributed by atoms with Crippen molar-refractivity contribution in [1.29, 1.82) is 0 Å². The summed E-state index contributed by atoms with van der Waals surface area (Å²) < 4.78 is 5.65. The molecule has 0 saturated carbocycles. The molecule has 0 spiro atoms. The van der Waals surface area contributed by atoms with Crippen LogP contribution in [0.3, 0.4) is 0 Å². The molecule has 0 aliphatic carbocycles. The van der Waals surface area contributed by atoms with Gasteiger partial charge in [-0.3, -0.25) is 9.89 Å². The molecule has 0 radical (unpaired) electrons. The molecule has 2 atom stereocenters. The van der Waals surface area contributed by atoms with Gasteiger partial charge in [0.1, 0.15) is 6.26 Å². The molecule has 2 aliphatic heterocycles. The van der Waals surface area contributed by atoms with Crippen molar-refractivity contribution in [3.63, 3.8) is 0 Å². The number of fused-ring (bicyclic) bond motifs is 2. The number of nitrogens with one attached hydrogen (secondary N) is 2. The van der Waals surface area contributed by atoms with Crippen LogP contribution in [0.15, 0.2) is 76.3 Å². The van der Waals surface area contributed by atoms with Crippen LogP contribution in [0.5, 0.6) is 0 Å². The normalized spacial score (nSPS) is 22.6. The van der Waals surface area contributed by atoms with E-state index in [1.54, 1.807) is 6.26 Å². The number of guanidine groups is 1. The standard InChI is InChI=1S/C26H31N5O.HI/c1-27-26(28-16-22-18-32-25(29-22)20-10-6-3-7-11-20)30-21-14-23-12-13-24(15-21)31(23)17-19-8-4-2-5-9-19;/h2-11,18,21,23-24H,12-17H2,1H3,(H2,27,28,30);1H. The van der Waals surface area contributed by atoms with E-state index in [0.29, 0.717) is 30.6 Å². The Balaban J connectivity index is 0.00000259. The molecule has 1 aromatic heterocycles. The van der Waals surface area contributed by atoms with Crippen LogP contribution in [-0.4, -0.2) is 41.0 Å². The van der Waals surface area contributed by atoms with E-state index < -0.39 is 0 Å². The zero-order chi connectivity index (χ0) is 21.8. The Morgan fingerprint density at radius 1 is 1.03 bits per heavy atom. The van der Waals surface area contributed by atoms with E-state index in [9.17, 15) is 0 Å². The lowest BCUT2D eigenvalue weighted by Gasteiger charge is -2.39. The number of halogens is 1. The number of aliphatic imine (C=N–C) groups is 1. The highest BCUT2D eigenvalue weighted by Crippen LogP contribution is 2.36. The number of nitrogens with zero attached hydrogens (tertiary/aromatic N) is 3. The van der Waals surface area contributed by atoms with Gasteiger partial charge in [0.2, 0.25) is 5.89 Å². The van der Waals surface area contributed by atoms with Crippen LogP contribution in [-0.2, 0) is 13.1 Å². The Hall–Kier alpha value is -2.39. The summed E-state index contributed by atoms with van der Waals surface area (Å²) in [5.41, 5.74) is 3.26. The van der Waals surface area contributed by atoms with E-state index in [2.05, 4.69) is 55.8 Å². The van der Waals surface area contributed by atoms with Crippen LogP contribution in [0.4, 0.5) is 0 Å². The van der Waals surface area contributed by atoms with Crippen LogP contribution in [0.25, 0.3) is 11.5 Å². The topological polar surface area (TPSA) is 65.7 Å². The third kappa shape index (κ3) is 5.76. The highest BCUT2D eigenvalue weighted by Gasteiger charge is 2.40. The van der Waals surface area contributed by atoms with Crippen molar-refractivity contribution in [2.75, 3.05) is 7.05 Å². The Bertz CT molecular complexity index is 1030. The van der Waals surface area contributed by atoms with Crippen molar-refractivity contribution < 1.29 is 4.42 Å². The zero-order valence-electron chi connectivity index (χ0n) is 19.0. The molecule has 5 rings (SSSR count). The zero-order valence-corrected chi connectivity index (χ0v) is 21.3. The number of hydrogen-bond donors (Lipinski definition) is 2. The van der Waals surface area contributed by atoms with Crippen LogP contribution in [0, 0.1) is 0 Å². The number of aromatic nitrogens is 1. The lowest BCUT2D eigenvalue weighted by molar-refractivity contribution is 0.114. The van der Waals surface area contributed by atoms with Crippen LogP contribution in [0.1, 0.15) is 36.9 Å². The lowest BCUT2D eigenvalue weighted by Crippen LogP contribution is -2.52. The second-order valence-electron chi connectivity index (χ2n) is 8.79. The van der Waals surface area contributed by atoms with Gasteiger partial charge in [-0.2, -0.15) is 0 Å². The van der Waals surface area contributed by atoms with Gasteiger partial charge < -0.3 is 15.1 Å². The van der Waals surface area contributed by atoms with Gasteiger partial charge in [-0.15, -0.1) is 24.0 Å². The fourth-order valence-electron chi connectivity index (χ4n) is 5.11. The van der Waals surface area contributed by atoms with Gasteiger partial charge in [0.05, 0.1) is 12.2 Å². The minimum atomic E-state index is 0. The molecule has 2 unspecified atom stereocenters. The number of oxazole rings is 1. The average molecular weight is 557 g/mol. The van der Waals surface area contributed by atoms with E-state index in [1.807, 2.05) is 37.4 Å². The van der Waals surface area contributed by atoms with E-state index in [1.165, 1.54) is 18.4 Å². The minimum Gasteiger partial charge on any atom is -0.444 e. The van der Waals surface area contributed by atoms with Gasteiger partial charge in [-0.25, -0.2) is 4.98 Å². The van der Waals surface area contributed by atoms with Crippen molar-refractivity contribution in [1.82, 2.24) is 20.5 Å². The Kier molecular flexibility index (Phi) is 8.03. The highest BCUT2D eigenvalue weighted by atomic mass is 127. The summed E-state index contributed by atoms with van der Waals surface area (Å²) in [6.45, 7) is 1.64. The first kappa shape index (κ1) is 23.8.